The van der Waals surface area contributed by atoms with Crippen LogP contribution in [0.4, 0.5) is 0 Å². The minimum atomic E-state index is -3.46. The van der Waals surface area contributed by atoms with Crippen LogP contribution >= 0.6 is 0 Å². The molecule has 0 saturated heterocycles. The first-order chi connectivity index (χ1) is 12.3. The summed E-state index contributed by atoms with van der Waals surface area (Å²) < 4.78 is 23.3. The molecule has 0 aliphatic heterocycles. The van der Waals surface area contributed by atoms with Crippen LogP contribution in [0.25, 0.3) is 0 Å². The van der Waals surface area contributed by atoms with Gasteiger partial charge in [0.05, 0.1) is 5.75 Å². The molecule has 5 heteroatoms. The lowest BCUT2D eigenvalue weighted by molar-refractivity contribution is -0.120. The quantitative estimate of drug-likeness (QED) is 0.313. The smallest absolute Gasteiger partial charge is 0.238 e. The molecule has 4 nitrogen and oxygen atoms in total. The summed E-state index contributed by atoms with van der Waals surface area (Å²) in [5.74, 6) is -0.663. The van der Waals surface area contributed by atoms with Gasteiger partial charge in [0.1, 0.15) is 4.75 Å². The molecule has 0 spiro atoms. The Bertz CT molecular complexity index is 462. The number of primary amides is 1. The van der Waals surface area contributed by atoms with Gasteiger partial charge in [0.2, 0.25) is 5.91 Å². The van der Waals surface area contributed by atoms with Crippen molar-refractivity contribution in [2.45, 2.75) is 122 Å². The second-order valence-electron chi connectivity index (χ2n) is 7.86. The fraction of sp³-hybridized carbons (Fsp3) is 0.952. The fourth-order valence-corrected chi connectivity index (χ4v) is 5.04. The number of amides is 1. The third kappa shape index (κ3) is 9.94. The minimum Gasteiger partial charge on any atom is -0.368 e. The second kappa shape index (κ2) is 14.5. The summed E-state index contributed by atoms with van der Waals surface area (Å²) in [4.78, 5) is 11.5. The molecule has 0 radical (unpaired) electrons. The third-order valence-corrected chi connectivity index (χ3v) is 8.34. The Kier molecular flexibility index (Phi) is 14.2. The van der Waals surface area contributed by atoms with Gasteiger partial charge >= 0.3 is 0 Å². The average molecular weight is 390 g/mol. The molecule has 0 aromatic heterocycles. The third-order valence-electron chi connectivity index (χ3n) is 5.65. The van der Waals surface area contributed by atoms with Crippen molar-refractivity contribution in [1.82, 2.24) is 0 Å². The van der Waals surface area contributed by atoms with Crippen molar-refractivity contribution in [2.75, 3.05) is 5.75 Å². The molecule has 0 saturated carbocycles. The summed E-state index contributed by atoms with van der Waals surface area (Å²) in [6, 6.07) is 0. The molecular weight excluding hydrogens is 346 g/mol. The predicted molar refractivity (Wildman–Crippen MR) is 112 cm³/mol. The predicted octanol–water partition coefficient (Wildman–Crippen LogP) is 5.54. The molecule has 1 amide bonds. The van der Waals surface area contributed by atoms with E-state index in [2.05, 4.69) is 6.92 Å². The van der Waals surface area contributed by atoms with Crippen molar-refractivity contribution in [1.29, 1.82) is 0 Å². The van der Waals surface area contributed by atoms with Crippen molar-refractivity contribution in [3.05, 3.63) is 0 Å². The number of sulfone groups is 1. The van der Waals surface area contributed by atoms with Crippen molar-refractivity contribution >= 4 is 15.7 Å². The zero-order valence-corrected chi connectivity index (χ0v) is 18.3. The van der Waals surface area contributed by atoms with Gasteiger partial charge in [0.25, 0.3) is 0 Å². The first-order valence-electron chi connectivity index (χ1n) is 10.8. The fourth-order valence-electron chi connectivity index (χ4n) is 3.26. The van der Waals surface area contributed by atoms with Crippen molar-refractivity contribution < 1.29 is 13.2 Å². The number of hydrogen-bond donors (Lipinski definition) is 1. The lowest BCUT2D eigenvalue weighted by Crippen LogP contribution is -2.48. The summed E-state index contributed by atoms with van der Waals surface area (Å²) in [5.41, 5.74) is 5.30. The highest BCUT2D eigenvalue weighted by atomic mass is 32.2. The van der Waals surface area contributed by atoms with E-state index in [-0.39, 0.29) is 12.2 Å². The molecule has 0 aromatic carbocycles. The van der Waals surface area contributed by atoms with E-state index < -0.39 is 20.5 Å². The van der Waals surface area contributed by atoms with E-state index in [0.29, 0.717) is 6.42 Å². The van der Waals surface area contributed by atoms with Crippen LogP contribution in [0.5, 0.6) is 0 Å². The van der Waals surface area contributed by atoms with Gasteiger partial charge in [-0.05, 0) is 19.8 Å². The Hall–Kier alpha value is -0.580. The molecule has 0 aromatic rings. The summed E-state index contributed by atoms with van der Waals surface area (Å²) >= 11 is 0. The van der Waals surface area contributed by atoms with E-state index in [0.717, 1.165) is 12.8 Å². The lowest BCUT2D eigenvalue weighted by atomic mass is 10.0. The van der Waals surface area contributed by atoms with E-state index in [1.54, 1.807) is 6.92 Å². The van der Waals surface area contributed by atoms with E-state index >= 15 is 0 Å². The Labute approximate surface area is 162 Å². The topological polar surface area (TPSA) is 77.2 Å². The summed E-state index contributed by atoms with van der Waals surface area (Å²) in [6.45, 7) is 5.41. The lowest BCUT2D eigenvalue weighted by Gasteiger charge is -2.24. The van der Waals surface area contributed by atoms with Crippen LogP contribution in [0, 0.1) is 0 Å². The molecular formula is C21H43NO3S. The van der Waals surface area contributed by atoms with Gasteiger partial charge in [0, 0.05) is 0 Å². The molecule has 156 valence electrons. The first-order valence-corrected chi connectivity index (χ1v) is 12.5. The van der Waals surface area contributed by atoms with Crippen molar-refractivity contribution in [3.8, 4) is 0 Å². The molecule has 0 aliphatic rings. The number of carbonyl (C=O) groups excluding carboxylic acids is 1. The maximum absolute atomic E-state index is 12.3. The Balaban J connectivity index is 3.61. The van der Waals surface area contributed by atoms with Crippen molar-refractivity contribution in [3.63, 3.8) is 0 Å². The molecule has 0 heterocycles. The number of rotatable bonds is 18. The van der Waals surface area contributed by atoms with Crippen LogP contribution < -0.4 is 5.73 Å². The van der Waals surface area contributed by atoms with Crippen LogP contribution in [-0.4, -0.2) is 24.8 Å². The number of hydrogen-bond acceptors (Lipinski definition) is 3. The van der Waals surface area contributed by atoms with Crippen molar-refractivity contribution in [2.24, 2.45) is 5.73 Å². The molecule has 0 fully saturated rings. The summed E-state index contributed by atoms with van der Waals surface area (Å²) in [7, 11) is -3.46. The largest absolute Gasteiger partial charge is 0.368 e. The summed E-state index contributed by atoms with van der Waals surface area (Å²) in [6.07, 6.45) is 17.5. The van der Waals surface area contributed by atoms with Gasteiger partial charge in [-0.3, -0.25) is 4.79 Å². The molecule has 2 N–H and O–H groups in total. The van der Waals surface area contributed by atoms with Crippen LogP contribution in [0.1, 0.15) is 117 Å². The van der Waals surface area contributed by atoms with Gasteiger partial charge in [-0.15, -0.1) is 0 Å². The Morgan fingerprint density at radius 1 is 0.731 bits per heavy atom. The first kappa shape index (κ1) is 25.4. The highest BCUT2D eigenvalue weighted by Crippen LogP contribution is 2.23. The van der Waals surface area contributed by atoms with Gasteiger partial charge in [-0.2, -0.15) is 0 Å². The molecule has 0 aliphatic carbocycles. The van der Waals surface area contributed by atoms with Crippen LogP contribution in [0.2, 0.25) is 0 Å². The maximum Gasteiger partial charge on any atom is 0.238 e. The van der Waals surface area contributed by atoms with Gasteiger partial charge in [-0.1, -0.05) is 97.3 Å². The molecule has 1 atom stereocenters. The van der Waals surface area contributed by atoms with E-state index in [1.807, 2.05) is 0 Å². The standard InChI is InChI=1S/C21H43NO3S/c1-4-6-7-8-9-10-11-12-13-14-15-16-17-18-19-26(24,25)21(3,5-2)20(22)23/h4-19H2,1-3H3,(H2,22,23). The number of unbranched alkanes of at least 4 members (excludes halogenated alkanes) is 13. The van der Waals surface area contributed by atoms with Crippen LogP contribution in [0.15, 0.2) is 0 Å². The van der Waals surface area contributed by atoms with Crippen LogP contribution in [0.3, 0.4) is 0 Å². The maximum atomic E-state index is 12.3. The molecule has 0 rings (SSSR count). The monoisotopic (exact) mass is 389 g/mol. The SMILES string of the molecule is CCCCCCCCCCCCCCCCS(=O)(=O)C(C)(CC)C(N)=O. The van der Waals surface area contributed by atoms with E-state index in [4.69, 9.17) is 5.73 Å². The minimum absolute atomic E-state index is 0.0678. The normalized spacial score (nSPS) is 14.3. The zero-order chi connectivity index (χ0) is 19.9. The Morgan fingerprint density at radius 2 is 1.08 bits per heavy atom. The Morgan fingerprint density at radius 3 is 1.38 bits per heavy atom. The van der Waals surface area contributed by atoms with E-state index in [9.17, 15) is 13.2 Å². The zero-order valence-electron chi connectivity index (χ0n) is 17.5. The van der Waals surface area contributed by atoms with Gasteiger partial charge in [0.15, 0.2) is 9.84 Å². The second-order valence-corrected chi connectivity index (χ2v) is 10.4. The van der Waals surface area contributed by atoms with E-state index in [1.165, 1.54) is 77.6 Å². The highest BCUT2D eigenvalue weighted by Gasteiger charge is 2.42. The van der Waals surface area contributed by atoms with Gasteiger partial charge in [-0.25, -0.2) is 8.42 Å². The van der Waals surface area contributed by atoms with Gasteiger partial charge < -0.3 is 5.73 Å². The molecule has 0 bridgehead atoms. The number of nitrogens with two attached hydrogens (primary N) is 1. The molecule has 26 heavy (non-hydrogen) atoms. The van der Waals surface area contributed by atoms with Crippen LogP contribution in [-0.2, 0) is 14.6 Å². The summed E-state index contributed by atoms with van der Waals surface area (Å²) in [5, 5.41) is 0. The number of carbonyl (C=O) groups is 1. The highest BCUT2D eigenvalue weighted by molar-refractivity contribution is 7.93. The average Bonchev–Trinajstić information content (AvgIpc) is 2.60. The molecule has 1 unspecified atom stereocenters.